The molecule has 1 aliphatic carbocycles. The lowest BCUT2D eigenvalue weighted by molar-refractivity contribution is -0.274. The third-order valence-electron chi connectivity index (χ3n) is 4.10. The van der Waals surface area contributed by atoms with Crippen LogP contribution < -0.4 is 4.74 Å². The lowest BCUT2D eigenvalue weighted by Crippen LogP contribution is -2.17. The van der Waals surface area contributed by atoms with Crippen LogP contribution in [-0.4, -0.2) is 37.4 Å². The molecule has 0 aliphatic heterocycles. The van der Waals surface area contributed by atoms with E-state index in [4.69, 9.17) is 0 Å². The Bertz CT molecular complexity index is 989. The number of aryl methyl sites for hydroxylation is 1. The summed E-state index contributed by atoms with van der Waals surface area (Å²) < 4.78 is 42.1. The van der Waals surface area contributed by atoms with Crippen LogP contribution in [0.3, 0.4) is 0 Å². The topological polar surface area (TPSA) is 93.0 Å². The fourth-order valence-corrected chi connectivity index (χ4v) is 3.07. The third-order valence-corrected chi connectivity index (χ3v) is 4.10. The number of hydrogen-bond acceptors (Lipinski definition) is 4. The highest BCUT2D eigenvalue weighted by molar-refractivity contribution is 5.90. The SMILES string of the molecule is O=C(O)c1nn(-c2ccc(OC(F)(F)F)cc2)c2c1CCc1[nH]ncc1-2. The van der Waals surface area contributed by atoms with Gasteiger partial charge in [0.1, 0.15) is 5.75 Å². The van der Waals surface area contributed by atoms with Crippen molar-refractivity contribution in [1.29, 1.82) is 0 Å². The van der Waals surface area contributed by atoms with Crippen molar-refractivity contribution in [1.82, 2.24) is 20.0 Å². The molecule has 26 heavy (non-hydrogen) atoms. The number of ether oxygens (including phenoxy) is 1. The second-order valence-corrected chi connectivity index (χ2v) is 5.70. The first-order valence-corrected chi connectivity index (χ1v) is 7.57. The molecule has 4 rings (SSSR count). The zero-order valence-electron chi connectivity index (χ0n) is 13.0. The Kier molecular flexibility index (Phi) is 3.49. The number of alkyl halides is 3. The van der Waals surface area contributed by atoms with E-state index < -0.39 is 12.3 Å². The number of fused-ring (bicyclic) bond motifs is 3. The van der Waals surface area contributed by atoms with E-state index in [0.717, 1.165) is 23.4 Å². The van der Waals surface area contributed by atoms with E-state index in [1.807, 2.05) is 0 Å². The van der Waals surface area contributed by atoms with Gasteiger partial charge in [-0.3, -0.25) is 5.10 Å². The second kappa shape index (κ2) is 5.61. The van der Waals surface area contributed by atoms with E-state index >= 15 is 0 Å². The molecule has 10 heteroatoms. The summed E-state index contributed by atoms with van der Waals surface area (Å²) >= 11 is 0. The summed E-state index contributed by atoms with van der Waals surface area (Å²) in [4.78, 5) is 11.5. The molecular formula is C16H11F3N4O3. The molecule has 0 atom stereocenters. The van der Waals surface area contributed by atoms with Gasteiger partial charge in [0.25, 0.3) is 0 Å². The van der Waals surface area contributed by atoms with Crippen molar-refractivity contribution in [2.24, 2.45) is 0 Å². The molecule has 1 aliphatic rings. The number of rotatable bonds is 3. The maximum atomic E-state index is 12.3. The lowest BCUT2D eigenvalue weighted by atomic mass is 9.94. The summed E-state index contributed by atoms with van der Waals surface area (Å²) in [5.74, 6) is -1.53. The monoisotopic (exact) mass is 364 g/mol. The van der Waals surface area contributed by atoms with E-state index in [-0.39, 0.29) is 11.4 Å². The Morgan fingerprint density at radius 3 is 2.62 bits per heavy atom. The van der Waals surface area contributed by atoms with Gasteiger partial charge in [0.2, 0.25) is 0 Å². The molecule has 0 radical (unpaired) electrons. The van der Waals surface area contributed by atoms with Crippen molar-refractivity contribution < 1.29 is 27.8 Å². The number of aromatic nitrogens is 4. The van der Waals surface area contributed by atoms with Crippen LogP contribution in [0.5, 0.6) is 5.75 Å². The largest absolute Gasteiger partial charge is 0.573 e. The molecular weight excluding hydrogens is 353 g/mol. The highest BCUT2D eigenvalue weighted by atomic mass is 19.4. The highest BCUT2D eigenvalue weighted by Crippen LogP contribution is 2.36. The van der Waals surface area contributed by atoms with Gasteiger partial charge >= 0.3 is 12.3 Å². The van der Waals surface area contributed by atoms with Crippen LogP contribution in [0.1, 0.15) is 21.7 Å². The Morgan fingerprint density at radius 1 is 1.23 bits per heavy atom. The summed E-state index contributed by atoms with van der Waals surface area (Å²) in [5, 5.41) is 20.4. The predicted octanol–water partition coefficient (Wildman–Crippen LogP) is 2.96. The first kappa shape index (κ1) is 16.2. The predicted molar refractivity (Wildman–Crippen MR) is 82.2 cm³/mol. The summed E-state index contributed by atoms with van der Waals surface area (Å²) in [6.45, 7) is 0. The molecule has 0 unspecified atom stereocenters. The van der Waals surface area contributed by atoms with Crippen LogP contribution in [0.2, 0.25) is 0 Å². The lowest BCUT2D eigenvalue weighted by Gasteiger charge is -2.15. The van der Waals surface area contributed by atoms with Gasteiger partial charge in [-0.05, 0) is 37.1 Å². The standard InChI is InChI=1S/C16H11F3N4O3/c17-16(18,19)26-9-3-1-8(2-4-9)23-14-10(13(22-23)15(24)25)5-6-12-11(14)7-20-21-12/h1-4,7H,5-6H2,(H,20,21)(H,24,25). The number of halogens is 3. The smallest absolute Gasteiger partial charge is 0.476 e. The van der Waals surface area contributed by atoms with Gasteiger partial charge in [0, 0.05) is 16.8 Å². The first-order valence-electron chi connectivity index (χ1n) is 7.57. The quantitative estimate of drug-likeness (QED) is 0.745. The molecule has 2 N–H and O–H groups in total. The van der Waals surface area contributed by atoms with Crippen LogP contribution in [0.25, 0.3) is 16.9 Å². The number of hydrogen-bond donors (Lipinski definition) is 2. The molecule has 0 fully saturated rings. The van der Waals surface area contributed by atoms with Crippen LogP contribution in [0.4, 0.5) is 13.2 Å². The van der Waals surface area contributed by atoms with Crippen molar-refractivity contribution in [2.45, 2.75) is 19.2 Å². The van der Waals surface area contributed by atoms with Crippen molar-refractivity contribution in [2.75, 3.05) is 0 Å². The summed E-state index contributed by atoms with van der Waals surface area (Å²) in [6.07, 6.45) is -2.12. The van der Waals surface area contributed by atoms with Gasteiger partial charge in [0.15, 0.2) is 5.69 Å². The number of nitrogens with one attached hydrogen (secondary N) is 1. The fourth-order valence-electron chi connectivity index (χ4n) is 3.07. The number of benzene rings is 1. The summed E-state index contributed by atoms with van der Waals surface area (Å²) in [6, 6.07) is 5.07. The minimum absolute atomic E-state index is 0.0810. The molecule has 1 aromatic carbocycles. The minimum atomic E-state index is -4.78. The number of carbonyl (C=O) groups is 1. The zero-order chi connectivity index (χ0) is 18.5. The van der Waals surface area contributed by atoms with E-state index in [2.05, 4.69) is 20.0 Å². The Balaban J connectivity index is 1.82. The molecule has 2 heterocycles. The minimum Gasteiger partial charge on any atom is -0.476 e. The van der Waals surface area contributed by atoms with Crippen LogP contribution in [0, 0.1) is 0 Å². The van der Waals surface area contributed by atoms with Crippen molar-refractivity contribution in [3.63, 3.8) is 0 Å². The normalized spacial score (nSPS) is 13.2. The summed E-state index contributed by atoms with van der Waals surface area (Å²) in [7, 11) is 0. The maximum absolute atomic E-state index is 12.3. The molecule has 0 spiro atoms. The summed E-state index contributed by atoms with van der Waals surface area (Å²) in [5.41, 5.74) is 3.05. The van der Waals surface area contributed by atoms with E-state index in [1.54, 1.807) is 6.20 Å². The van der Waals surface area contributed by atoms with Gasteiger partial charge in [-0.2, -0.15) is 10.2 Å². The molecule has 3 aromatic rings. The number of nitrogens with zero attached hydrogens (tertiary/aromatic N) is 3. The van der Waals surface area contributed by atoms with Gasteiger partial charge < -0.3 is 9.84 Å². The van der Waals surface area contributed by atoms with Crippen molar-refractivity contribution >= 4 is 5.97 Å². The third kappa shape index (κ3) is 2.68. The Hall–Kier alpha value is -3.30. The van der Waals surface area contributed by atoms with Gasteiger partial charge in [0.05, 0.1) is 17.6 Å². The van der Waals surface area contributed by atoms with Crippen molar-refractivity contribution in [3.8, 4) is 22.7 Å². The van der Waals surface area contributed by atoms with Crippen molar-refractivity contribution in [3.05, 3.63) is 47.4 Å². The molecule has 134 valence electrons. The molecule has 0 amide bonds. The Morgan fingerprint density at radius 2 is 1.96 bits per heavy atom. The van der Waals surface area contributed by atoms with Crippen LogP contribution in [-0.2, 0) is 12.8 Å². The van der Waals surface area contributed by atoms with Crippen LogP contribution >= 0.6 is 0 Å². The van der Waals surface area contributed by atoms with E-state index in [0.29, 0.717) is 29.8 Å². The molecule has 0 saturated carbocycles. The fraction of sp³-hybridized carbons (Fsp3) is 0.188. The maximum Gasteiger partial charge on any atom is 0.573 e. The molecule has 0 bridgehead atoms. The van der Waals surface area contributed by atoms with Crippen LogP contribution in [0.15, 0.2) is 30.5 Å². The first-order chi connectivity index (χ1) is 12.3. The van der Waals surface area contributed by atoms with E-state index in [9.17, 15) is 23.1 Å². The van der Waals surface area contributed by atoms with Gasteiger partial charge in [-0.1, -0.05) is 0 Å². The van der Waals surface area contributed by atoms with Gasteiger partial charge in [-0.15, -0.1) is 13.2 Å². The number of aromatic carboxylic acids is 1. The Labute approximate surface area is 144 Å². The average Bonchev–Trinajstić information content (AvgIpc) is 3.17. The number of aromatic amines is 1. The number of carboxylic acids is 1. The van der Waals surface area contributed by atoms with E-state index in [1.165, 1.54) is 16.8 Å². The highest BCUT2D eigenvalue weighted by Gasteiger charge is 2.32. The second-order valence-electron chi connectivity index (χ2n) is 5.70. The average molecular weight is 364 g/mol. The molecule has 7 nitrogen and oxygen atoms in total. The van der Waals surface area contributed by atoms with Gasteiger partial charge in [-0.25, -0.2) is 9.48 Å². The number of H-pyrrole nitrogens is 1. The number of carboxylic acid groups (broad SMARTS) is 1. The molecule has 2 aromatic heterocycles. The zero-order valence-corrected chi connectivity index (χ0v) is 13.0. The molecule has 0 saturated heterocycles.